The molecule has 27 heavy (non-hydrogen) atoms. The molecule has 0 spiro atoms. The van der Waals surface area contributed by atoms with Gasteiger partial charge in [-0.15, -0.1) is 0 Å². The predicted molar refractivity (Wildman–Crippen MR) is 104 cm³/mol. The Morgan fingerprint density at radius 3 is 2.19 bits per heavy atom. The molecule has 0 heterocycles. The number of carboxylic acid groups (broad SMARTS) is 1. The summed E-state index contributed by atoms with van der Waals surface area (Å²) in [5.74, 6) is -0.530. The van der Waals surface area contributed by atoms with E-state index in [1.807, 2.05) is 48.5 Å². The number of hydrogen-bond acceptors (Lipinski definition) is 3. The second kappa shape index (κ2) is 8.49. The third kappa shape index (κ3) is 5.06. The lowest BCUT2D eigenvalue weighted by atomic mass is 10.1. The number of para-hydroxylation sites is 1. The van der Waals surface area contributed by atoms with Crippen LogP contribution in [-0.4, -0.2) is 17.0 Å². The van der Waals surface area contributed by atoms with Gasteiger partial charge in [-0.2, -0.15) is 0 Å². The quantitative estimate of drug-likeness (QED) is 0.618. The number of carbonyl (C=O) groups excluding carboxylic acids is 1. The minimum atomic E-state index is -1.14. The summed E-state index contributed by atoms with van der Waals surface area (Å²) >= 11 is 0. The van der Waals surface area contributed by atoms with E-state index in [2.05, 4.69) is 5.32 Å². The molecule has 0 saturated carbocycles. The third-order valence-corrected chi connectivity index (χ3v) is 3.68. The monoisotopic (exact) mass is 359 g/mol. The molecule has 0 bridgehead atoms. The second-order valence-corrected chi connectivity index (χ2v) is 5.66. The Morgan fingerprint density at radius 1 is 0.852 bits per heavy atom. The molecule has 0 unspecified atom stereocenters. The fraction of sp³-hybridized carbons (Fsp3) is 0. The molecule has 3 aromatic rings. The number of benzene rings is 3. The molecular weight excluding hydrogens is 342 g/mol. The molecule has 0 aliphatic heterocycles. The molecule has 0 aliphatic rings. The fourth-order valence-corrected chi connectivity index (χ4v) is 2.41. The van der Waals surface area contributed by atoms with Gasteiger partial charge in [0.2, 0.25) is 5.91 Å². The fourth-order valence-electron chi connectivity index (χ4n) is 2.41. The van der Waals surface area contributed by atoms with E-state index in [1.54, 1.807) is 24.3 Å². The minimum absolute atomic E-state index is 0.0168. The maximum Gasteiger partial charge on any atom is 0.337 e. The maximum atomic E-state index is 12.2. The van der Waals surface area contributed by atoms with Gasteiger partial charge in [-0.05, 0) is 35.9 Å². The van der Waals surface area contributed by atoms with Crippen molar-refractivity contribution >= 4 is 23.6 Å². The van der Waals surface area contributed by atoms with Gasteiger partial charge >= 0.3 is 5.97 Å². The summed E-state index contributed by atoms with van der Waals surface area (Å²) < 4.78 is 5.70. The van der Waals surface area contributed by atoms with E-state index < -0.39 is 11.9 Å². The number of carboxylic acids is 1. The molecule has 0 atom stereocenters. The summed E-state index contributed by atoms with van der Waals surface area (Å²) in [7, 11) is 0. The second-order valence-electron chi connectivity index (χ2n) is 5.66. The van der Waals surface area contributed by atoms with Gasteiger partial charge in [0.1, 0.15) is 11.5 Å². The van der Waals surface area contributed by atoms with Crippen molar-refractivity contribution in [3.8, 4) is 11.5 Å². The van der Waals surface area contributed by atoms with Crippen molar-refractivity contribution in [3.63, 3.8) is 0 Å². The van der Waals surface area contributed by atoms with Crippen LogP contribution >= 0.6 is 0 Å². The van der Waals surface area contributed by atoms with Gasteiger partial charge in [-0.25, -0.2) is 4.79 Å². The van der Waals surface area contributed by atoms with E-state index in [0.29, 0.717) is 11.5 Å². The van der Waals surface area contributed by atoms with E-state index in [4.69, 9.17) is 4.74 Å². The predicted octanol–water partition coefficient (Wildman–Crippen LogP) is 4.83. The lowest BCUT2D eigenvalue weighted by Crippen LogP contribution is -2.12. The summed E-state index contributed by atoms with van der Waals surface area (Å²) in [5, 5.41) is 12.0. The summed E-state index contributed by atoms with van der Waals surface area (Å²) in [4.78, 5) is 23.6. The molecule has 0 fully saturated rings. The number of rotatable bonds is 6. The van der Waals surface area contributed by atoms with Crippen molar-refractivity contribution in [3.05, 3.63) is 96.1 Å². The number of carbonyl (C=O) groups is 2. The van der Waals surface area contributed by atoms with Crippen molar-refractivity contribution in [2.75, 3.05) is 5.32 Å². The number of amides is 1. The van der Waals surface area contributed by atoms with Crippen LogP contribution in [-0.2, 0) is 4.79 Å². The SMILES string of the molecule is O=C(C=Cc1ccccc1)Nc1cc(Oc2ccccc2)ccc1C(=O)O. The maximum absolute atomic E-state index is 12.2. The molecule has 5 nitrogen and oxygen atoms in total. The van der Waals surface area contributed by atoms with Crippen LogP contribution in [0.3, 0.4) is 0 Å². The first-order chi connectivity index (χ1) is 13.1. The molecule has 0 saturated heterocycles. The van der Waals surface area contributed by atoms with Crippen LogP contribution in [0.2, 0.25) is 0 Å². The van der Waals surface area contributed by atoms with Crippen LogP contribution < -0.4 is 10.1 Å². The average Bonchev–Trinajstić information content (AvgIpc) is 2.68. The van der Waals surface area contributed by atoms with Crippen molar-refractivity contribution in [1.82, 2.24) is 0 Å². The first-order valence-electron chi connectivity index (χ1n) is 8.26. The lowest BCUT2D eigenvalue weighted by molar-refractivity contribution is -0.111. The minimum Gasteiger partial charge on any atom is -0.478 e. The molecule has 0 aliphatic carbocycles. The molecule has 0 radical (unpaired) electrons. The molecule has 5 heteroatoms. The number of nitrogens with one attached hydrogen (secondary N) is 1. The number of hydrogen-bond donors (Lipinski definition) is 2. The van der Waals surface area contributed by atoms with E-state index in [0.717, 1.165) is 5.56 Å². The molecule has 1 amide bonds. The van der Waals surface area contributed by atoms with Gasteiger partial charge in [-0.3, -0.25) is 4.79 Å². The van der Waals surface area contributed by atoms with Gasteiger partial charge in [0.15, 0.2) is 0 Å². The first kappa shape index (κ1) is 17.9. The van der Waals surface area contributed by atoms with E-state index in [-0.39, 0.29) is 11.3 Å². The zero-order valence-electron chi connectivity index (χ0n) is 14.3. The normalized spacial score (nSPS) is 10.5. The Bertz CT molecular complexity index is 966. The highest BCUT2D eigenvalue weighted by atomic mass is 16.5. The standard InChI is InChI=1S/C22H17NO4/c24-21(14-11-16-7-3-1-4-8-16)23-20-15-18(12-13-19(20)22(25)26)27-17-9-5-2-6-10-17/h1-15H,(H,23,24)(H,25,26). The van der Waals surface area contributed by atoms with Gasteiger partial charge in [0.25, 0.3) is 0 Å². The van der Waals surface area contributed by atoms with E-state index in [9.17, 15) is 14.7 Å². The summed E-state index contributed by atoms with van der Waals surface area (Å²) in [6, 6.07) is 22.9. The summed E-state index contributed by atoms with van der Waals surface area (Å²) in [6.07, 6.45) is 3.01. The molecule has 3 rings (SSSR count). The van der Waals surface area contributed by atoms with Crippen LogP contribution in [0.15, 0.2) is 84.9 Å². The van der Waals surface area contributed by atoms with Gasteiger partial charge < -0.3 is 15.2 Å². The smallest absolute Gasteiger partial charge is 0.337 e. The lowest BCUT2D eigenvalue weighted by Gasteiger charge is -2.11. The number of aromatic carboxylic acids is 1. The summed E-state index contributed by atoms with van der Waals surface area (Å²) in [5.41, 5.74) is 1.02. The molecule has 3 aromatic carbocycles. The van der Waals surface area contributed by atoms with Crippen molar-refractivity contribution < 1.29 is 19.4 Å². The van der Waals surface area contributed by atoms with E-state index in [1.165, 1.54) is 18.2 Å². The first-order valence-corrected chi connectivity index (χ1v) is 8.26. The Hall–Kier alpha value is -3.86. The Kier molecular flexibility index (Phi) is 5.64. The van der Waals surface area contributed by atoms with Gasteiger partial charge in [-0.1, -0.05) is 48.5 Å². The highest BCUT2D eigenvalue weighted by Crippen LogP contribution is 2.27. The van der Waals surface area contributed by atoms with Crippen molar-refractivity contribution in [1.29, 1.82) is 0 Å². The van der Waals surface area contributed by atoms with Crippen LogP contribution in [0.25, 0.3) is 6.08 Å². The van der Waals surface area contributed by atoms with Crippen LogP contribution in [0, 0.1) is 0 Å². The summed E-state index contributed by atoms with van der Waals surface area (Å²) in [6.45, 7) is 0. The molecule has 0 aromatic heterocycles. The van der Waals surface area contributed by atoms with E-state index >= 15 is 0 Å². The molecule has 2 N–H and O–H groups in total. The number of ether oxygens (including phenoxy) is 1. The van der Waals surface area contributed by atoms with Crippen LogP contribution in [0.4, 0.5) is 5.69 Å². The van der Waals surface area contributed by atoms with Gasteiger partial charge in [0, 0.05) is 12.1 Å². The highest BCUT2D eigenvalue weighted by Gasteiger charge is 2.13. The van der Waals surface area contributed by atoms with Crippen LogP contribution in [0.5, 0.6) is 11.5 Å². The molecular formula is C22H17NO4. The van der Waals surface area contributed by atoms with Crippen LogP contribution in [0.1, 0.15) is 15.9 Å². The Morgan fingerprint density at radius 2 is 1.52 bits per heavy atom. The van der Waals surface area contributed by atoms with Crippen molar-refractivity contribution in [2.24, 2.45) is 0 Å². The largest absolute Gasteiger partial charge is 0.478 e. The third-order valence-electron chi connectivity index (χ3n) is 3.68. The number of anilines is 1. The highest BCUT2D eigenvalue weighted by molar-refractivity contribution is 6.06. The van der Waals surface area contributed by atoms with Crippen molar-refractivity contribution in [2.45, 2.75) is 0 Å². The zero-order valence-corrected chi connectivity index (χ0v) is 14.3. The topological polar surface area (TPSA) is 75.6 Å². The van der Waals surface area contributed by atoms with Gasteiger partial charge in [0.05, 0.1) is 11.3 Å². The average molecular weight is 359 g/mol. The zero-order chi connectivity index (χ0) is 19.1. The Labute approximate surface area is 156 Å². The molecule has 134 valence electrons. The Balaban J connectivity index is 1.79.